The number of phenolic OH excluding ortho intramolecular Hbond substituents is 1. The number of benzene rings is 1. The van der Waals surface area contributed by atoms with E-state index in [1.165, 1.54) is 17.7 Å². The van der Waals surface area contributed by atoms with Crippen LogP contribution in [0.15, 0.2) is 34.1 Å². The number of aromatic amines is 1. The van der Waals surface area contributed by atoms with Crippen molar-refractivity contribution in [3.8, 4) is 17.0 Å². The number of nitrogens with zero attached hydrogens (tertiary/aromatic N) is 2. The number of aromatic nitrogens is 3. The molecule has 2 N–H and O–H groups in total. The van der Waals surface area contributed by atoms with Crippen molar-refractivity contribution in [1.82, 2.24) is 15.0 Å². The third-order valence-electron chi connectivity index (χ3n) is 2.45. The number of fused-ring (bicyclic) bond motifs is 1. The number of hydrogen-bond donors (Lipinski definition) is 2. The summed E-state index contributed by atoms with van der Waals surface area (Å²) in [7, 11) is 0. The van der Waals surface area contributed by atoms with E-state index in [0.29, 0.717) is 16.5 Å². The lowest BCUT2D eigenvalue weighted by Crippen LogP contribution is -2.06. The van der Waals surface area contributed by atoms with Crippen LogP contribution in [0.1, 0.15) is 0 Å². The molecule has 17 heavy (non-hydrogen) atoms. The van der Waals surface area contributed by atoms with E-state index in [1.54, 1.807) is 17.6 Å². The van der Waals surface area contributed by atoms with E-state index in [0.717, 1.165) is 5.69 Å². The molecular weight excluding hydrogens is 238 g/mol. The van der Waals surface area contributed by atoms with E-state index >= 15 is 0 Å². The summed E-state index contributed by atoms with van der Waals surface area (Å²) in [6.07, 6.45) is 1.27. The molecule has 0 bridgehead atoms. The Bertz CT molecular complexity index is 734. The Labute approximate surface area is 99.4 Å². The minimum absolute atomic E-state index is 0.0170. The van der Waals surface area contributed by atoms with Crippen molar-refractivity contribution in [2.75, 3.05) is 0 Å². The molecule has 3 rings (SSSR count). The Morgan fingerprint density at radius 3 is 2.94 bits per heavy atom. The number of hydrogen-bond acceptors (Lipinski definition) is 5. The highest BCUT2D eigenvalue weighted by Crippen LogP contribution is 2.28. The molecule has 0 amide bonds. The predicted octanol–water partition coefficient (Wildman–Crippen LogP) is 1.75. The monoisotopic (exact) mass is 245 g/mol. The zero-order chi connectivity index (χ0) is 11.8. The van der Waals surface area contributed by atoms with Crippen LogP contribution in [0.4, 0.5) is 0 Å². The second-order valence-electron chi connectivity index (χ2n) is 3.50. The van der Waals surface area contributed by atoms with Crippen LogP contribution >= 0.6 is 11.3 Å². The zero-order valence-electron chi connectivity index (χ0n) is 8.54. The molecule has 0 aliphatic rings. The molecule has 3 aromatic rings. The minimum Gasteiger partial charge on any atom is -0.506 e. The van der Waals surface area contributed by atoms with E-state index in [1.807, 2.05) is 5.38 Å². The molecule has 1 aromatic carbocycles. The van der Waals surface area contributed by atoms with Crippen LogP contribution in [0.25, 0.3) is 22.2 Å². The lowest BCUT2D eigenvalue weighted by Gasteiger charge is -2.02. The maximum Gasteiger partial charge on any atom is 0.258 e. The molecule has 0 radical (unpaired) electrons. The third kappa shape index (κ3) is 1.58. The molecule has 5 nitrogen and oxygen atoms in total. The molecule has 0 fully saturated rings. The average molecular weight is 245 g/mol. The van der Waals surface area contributed by atoms with E-state index in [4.69, 9.17) is 0 Å². The lowest BCUT2D eigenvalue weighted by molar-refractivity contribution is 0.480. The number of thiazole rings is 1. The van der Waals surface area contributed by atoms with Crippen molar-refractivity contribution in [3.63, 3.8) is 0 Å². The first-order valence-electron chi connectivity index (χ1n) is 4.84. The molecule has 0 atom stereocenters. The van der Waals surface area contributed by atoms with Crippen molar-refractivity contribution in [1.29, 1.82) is 0 Å². The van der Waals surface area contributed by atoms with Crippen LogP contribution in [0.5, 0.6) is 5.75 Å². The molecule has 0 saturated heterocycles. The summed E-state index contributed by atoms with van der Waals surface area (Å²) in [5.74, 6) is -0.0170. The highest BCUT2D eigenvalue weighted by molar-refractivity contribution is 7.07. The van der Waals surface area contributed by atoms with Gasteiger partial charge in [0.15, 0.2) is 0 Å². The van der Waals surface area contributed by atoms with Crippen molar-refractivity contribution in [2.24, 2.45) is 0 Å². The predicted molar refractivity (Wildman–Crippen MR) is 65.1 cm³/mol. The smallest absolute Gasteiger partial charge is 0.258 e. The maximum atomic E-state index is 11.6. The van der Waals surface area contributed by atoms with E-state index in [-0.39, 0.29) is 11.3 Å². The Hall–Kier alpha value is -2.21. The normalized spacial score (nSPS) is 10.8. The SMILES string of the molecule is O=c1[nH]cnc2c(O)cc(-c3cscn3)cc12. The number of rotatable bonds is 1. The summed E-state index contributed by atoms with van der Waals surface area (Å²) in [5, 5.41) is 12.0. The van der Waals surface area contributed by atoms with Gasteiger partial charge in [-0.1, -0.05) is 0 Å². The molecule has 84 valence electrons. The first-order valence-corrected chi connectivity index (χ1v) is 5.79. The molecule has 0 saturated carbocycles. The van der Waals surface area contributed by atoms with Gasteiger partial charge in [0.2, 0.25) is 0 Å². The van der Waals surface area contributed by atoms with Gasteiger partial charge in [-0.25, -0.2) is 9.97 Å². The van der Waals surface area contributed by atoms with Gasteiger partial charge >= 0.3 is 0 Å². The van der Waals surface area contributed by atoms with Gasteiger partial charge in [-0.2, -0.15) is 0 Å². The molecule has 0 spiro atoms. The van der Waals surface area contributed by atoms with Crippen LogP contribution in [-0.4, -0.2) is 20.1 Å². The van der Waals surface area contributed by atoms with E-state index < -0.39 is 0 Å². The van der Waals surface area contributed by atoms with Crippen LogP contribution in [0.2, 0.25) is 0 Å². The fraction of sp³-hybridized carbons (Fsp3) is 0. The van der Waals surface area contributed by atoms with Gasteiger partial charge < -0.3 is 10.1 Å². The number of H-pyrrole nitrogens is 1. The van der Waals surface area contributed by atoms with Gasteiger partial charge in [-0.05, 0) is 12.1 Å². The summed E-state index contributed by atoms with van der Waals surface area (Å²) in [4.78, 5) is 22.2. The van der Waals surface area contributed by atoms with Gasteiger partial charge in [0.1, 0.15) is 11.3 Å². The minimum atomic E-state index is -0.276. The Kier molecular flexibility index (Phi) is 2.15. The van der Waals surface area contributed by atoms with E-state index in [9.17, 15) is 9.90 Å². The zero-order valence-corrected chi connectivity index (χ0v) is 9.36. The Balaban J connectivity index is 2.38. The van der Waals surface area contributed by atoms with Crippen LogP contribution in [0.3, 0.4) is 0 Å². The Morgan fingerprint density at radius 1 is 1.29 bits per heavy atom. The topological polar surface area (TPSA) is 78.9 Å². The third-order valence-corrected chi connectivity index (χ3v) is 3.04. The molecule has 0 aliphatic carbocycles. The second-order valence-corrected chi connectivity index (χ2v) is 4.22. The number of nitrogens with one attached hydrogen (secondary N) is 1. The van der Waals surface area contributed by atoms with Crippen molar-refractivity contribution in [2.45, 2.75) is 0 Å². The molecular formula is C11H7N3O2S. The average Bonchev–Trinajstić information content (AvgIpc) is 2.84. The fourth-order valence-electron chi connectivity index (χ4n) is 1.66. The lowest BCUT2D eigenvalue weighted by atomic mass is 10.1. The molecule has 0 aliphatic heterocycles. The highest BCUT2D eigenvalue weighted by Gasteiger charge is 2.09. The second kappa shape index (κ2) is 3.67. The summed E-state index contributed by atoms with van der Waals surface area (Å²) < 4.78 is 0. The first kappa shape index (κ1) is 9.98. The maximum absolute atomic E-state index is 11.6. The van der Waals surface area contributed by atoms with Gasteiger partial charge in [-0.15, -0.1) is 11.3 Å². The summed E-state index contributed by atoms with van der Waals surface area (Å²) in [6.45, 7) is 0. The first-order chi connectivity index (χ1) is 8.25. The summed E-state index contributed by atoms with van der Waals surface area (Å²) in [6, 6.07) is 3.24. The van der Waals surface area contributed by atoms with Gasteiger partial charge in [0.05, 0.1) is 22.9 Å². The van der Waals surface area contributed by atoms with Crippen LogP contribution < -0.4 is 5.56 Å². The largest absolute Gasteiger partial charge is 0.506 e. The molecule has 2 aromatic heterocycles. The van der Waals surface area contributed by atoms with Crippen molar-refractivity contribution < 1.29 is 5.11 Å². The van der Waals surface area contributed by atoms with Gasteiger partial charge in [0, 0.05) is 10.9 Å². The van der Waals surface area contributed by atoms with Gasteiger partial charge in [0.25, 0.3) is 5.56 Å². The van der Waals surface area contributed by atoms with E-state index in [2.05, 4.69) is 15.0 Å². The van der Waals surface area contributed by atoms with Gasteiger partial charge in [-0.3, -0.25) is 4.79 Å². The van der Waals surface area contributed by atoms with Crippen molar-refractivity contribution >= 4 is 22.2 Å². The van der Waals surface area contributed by atoms with Crippen molar-refractivity contribution in [3.05, 3.63) is 39.7 Å². The standard InChI is InChI=1S/C11H7N3O2S/c15-9-2-6(8-3-17-5-14-8)1-7-10(9)12-4-13-11(7)16/h1-5,15H,(H,12,13,16). The number of phenols is 1. The highest BCUT2D eigenvalue weighted by atomic mass is 32.1. The summed E-state index contributed by atoms with van der Waals surface area (Å²) in [5.41, 5.74) is 3.16. The van der Waals surface area contributed by atoms with Crippen LogP contribution in [-0.2, 0) is 0 Å². The van der Waals surface area contributed by atoms with Crippen LogP contribution in [0, 0.1) is 0 Å². The Morgan fingerprint density at radius 2 is 2.18 bits per heavy atom. The number of aromatic hydroxyl groups is 1. The fourth-order valence-corrected chi connectivity index (χ4v) is 2.23. The quantitative estimate of drug-likeness (QED) is 0.684. The molecule has 0 unspecified atom stereocenters. The summed E-state index contributed by atoms with van der Waals surface area (Å²) >= 11 is 1.46. The molecule has 6 heteroatoms. The molecule has 2 heterocycles.